The molecule has 0 fully saturated rings. The molecule has 22 heavy (non-hydrogen) atoms. The Labute approximate surface area is 134 Å². The van der Waals surface area contributed by atoms with E-state index in [1.165, 1.54) is 10.9 Å². The molecule has 9 nitrogen and oxygen atoms in total. The second-order valence-electron chi connectivity index (χ2n) is 4.77. The van der Waals surface area contributed by atoms with Crippen LogP contribution in [0.2, 0.25) is 0 Å². The van der Waals surface area contributed by atoms with Crippen LogP contribution in [0.5, 0.6) is 0 Å². The first-order valence-electron chi connectivity index (χ1n) is 6.46. The van der Waals surface area contributed by atoms with E-state index in [0.717, 1.165) is 5.69 Å². The lowest BCUT2D eigenvalue weighted by molar-refractivity contribution is -0.390. The molecule has 0 saturated heterocycles. The highest BCUT2D eigenvalue weighted by atomic mass is 79.9. The average molecular weight is 371 g/mol. The summed E-state index contributed by atoms with van der Waals surface area (Å²) >= 11 is 3.07. The summed E-state index contributed by atoms with van der Waals surface area (Å²) in [6.45, 7) is 0.735. The fraction of sp³-hybridized carbons (Fsp3) is 0.417. The van der Waals surface area contributed by atoms with Crippen LogP contribution in [0.25, 0.3) is 0 Å². The fourth-order valence-electron chi connectivity index (χ4n) is 1.91. The molecule has 2 rings (SSSR count). The van der Waals surface area contributed by atoms with Crippen LogP contribution in [0.15, 0.2) is 22.9 Å². The van der Waals surface area contributed by atoms with E-state index < -0.39 is 4.92 Å². The topological polar surface area (TPSA) is 99.1 Å². The van der Waals surface area contributed by atoms with Gasteiger partial charge in [-0.05, 0) is 26.9 Å². The highest BCUT2D eigenvalue weighted by Gasteiger charge is 2.19. The standard InChI is InChI=1S/C12H15BrN6O3/c1-16(7-9-3-5-14-17(9)2)11(20)4-6-18-8-10(13)12(15-18)19(21)22/h3,5,8H,4,6-7H2,1-2H3. The summed E-state index contributed by atoms with van der Waals surface area (Å²) in [5.74, 6) is -0.328. The molecule has 0 aliphatic heterocycles. The Hall–Kier alpha value is -2.23. The van der Waals surface area contributed by atoms with Gasteiger partial charge < -0.3 is 15.0 Å². The van der Waals surface area contributed by atoms with Gasteiger partial charge in [-0.15, -0.1) is 0 Å². The number of carbonyl (C=O) groups is 1. The lowest BCUT2D eigenvalue weighted by atomic mass is 10.3. The van der Waals surface area contributed by atoms with Crippen molar-refractivity contribution in [1.29, 1.82) is 0 Å². The maximum absolute atomic E-state index is 12.1. The molecule has 0 N–H and O–H groups in total. The van der Waals surface area contributed by atoms with Gasteiger partial charge in [-0.2, -0.15) is 9.78 Å². The largest absolute Gasteiger partial charge is 0.404 e. The highest BCUT2D eigenvalue weighted by molar-refractivity contribution is 9.10. The van der Waals surface area contributed by atoms with Gasteiger partial charge in [-0.1, -0.05) is 0 Å². The van der Waals surface area contributed by atoms with Crippen LogP contribution in [-0.4, -0.2) is 42.3 Å². The predicted octanol–water partition coefficient (Wildman–Crippen LogP) is 1.34. The average Bonchev–Trinajstić information content (AvgIpc) is 3.02. The number of rotatable bonds is 6. The zero-order chi connectivity index (χ0) is 16.3. The SMILES string of the molecule is CN(Cc1ccnn1C)C(=O)CCn1cc(Br)c([N+](=O)[O-])n1. The molecule has 0 aromatic carbocycles. The predicted molar refractivity (Wildman–Crippen MR) is 80.9 cm³/mol. The van der Waals surface area contributed by atoms with Crippen molar-refractivity contribution in [3.8, 4) is 0 Å². The maximum Gasteiger partial charge on any atom is 0.404 e. The minimum atomic E-state index is -0.572. The van der Waals surface area contributed by atoms with Crippen molar-refractivity contribution in [3.63, 3.8) is 0 Å². The van der Waals surface area contributed by atoms with Crippen LogP contribution in [-0.2, 0) is 24.9 Å². The lowest BCUT2D eigenvalue weighted by Gasteiger charge is -2.16. The Morgan fingerprint density at radius 1 is 1.55 bits per heavy atom. The van der Waals surface area contributed by atoms with Crippen LogP contribution in [0.4, 0.5) is 5.82 Å². The van der Waals surface area contributed by atoms with E-state index in [2.05, 4.69) is 26.1 Å². The number of nitro groups is 1. The van der Waals surface area contributed by atoms with E-state index in [1.807, 2.05) is 13.1 Å². The fourth-order valence-corrected chi connectivity index (χ4v) is 2.37. The second kappa shape index (κ2) is 6.69. The van der Waals surface area contributed by atoms with Gasteiger partial charge in [0.25, 0.3) is 0 Å². The minimum absolute atomic E-state index is 0.0736. The first-order chi connectivity index (χ1) is 10.4. The van der Waals surface area contributed by atoms with Crippen molar-refractivity contribution in [2.45, 2.75) is 19.5 Å². The summed E-state index contributed by atoms with van der Waals surface area (Å²) < 4.78 is 3.39. The zero-order valence-corrected chi connectivity index (χ0v) is 13.7. The van der Waals surface area contributed by atoms with E-state index in [9.17, 15) is 14.9 Å². The van der Waals surface area contributed by atoms with Gasteiger partial charge in [0.05, 0.1) is 30.1 Å². The molecule has 2 aromatic heterocycles. The minimum Gasteiger partial charge on any atom is -0.358 e. The van der Waals surface area contributed by atoms with Crippen molar-refractivity contribution in [2.75, 3.05) is 7.05 Å². The molecule has 0 bridgehead atoms. The molecule has 2 heterocycles. The molecule has 2 aromatic rings. The van der Waals surface area contributed by atoms with Gasteiger partial charge in [0, 0.05) is 26.7 Å². The molecule has 1 amide bonds. The van der Waals surface area contributed by atoms with Crippen molar-refractivity contribution in [1.82, 2.24) is 24.5 Å². The quantitative estimate of drug-likeness (QED) is 0.564. The molecule has 0 radical (unpaired) electrons. The smallest absolute Gasteiger partial charge is 0.358 e. The highest BCUT2D eigenvalue weighted by Crippen LogP contribution is 2.22. The Morgan fingerprint density at radius 3 is 2.82 bits per heavy atom. The van der Waals surface area contributed by atoms with Crippen LogP contribution < -0.4 is 0 Å². The molecule has 0 aliphatic carbocycles. The third-order valence-electron chi connectivity index (χ3n) is 3.17. The summed E-state index contributed by atoms with van der Waals surface area (Å²) in [5.41, 5.74) is 0.924. The van der Waals surface area contributed by atoms with Crippen molar-refractivity contribution in [3.05, 3.63) is 38.7 Å². The summed E-state index contributed by atoms with van der Waals surface area (Å²) in [7, 11) is 3.52. The molecule has 0 aliphatic rings. The summed E-state index contributed by atoms with van der Waals surface area (Å²) in [6.07, 6.45) is 3.38. The first-order valence-corrected chi connectivity index (χ1v) is 7.26. The van der Waals surface area contributed by atoms with Crippen LogP contribution >= 0.6 is 15.9 Å². The van der Waals surface area contributed by atoms with Crippen LogP contribution in [0.3, 0.4) is 0 Å². The second-order valence-corrected chi connectivity index (χ2v) is 5.62. The molecule has 0 spiro atoms. The van der Waals surface area contributed by atoms with Crippen molar-refractivity contribution < 1.29 is 9.72 Å². The number of aryl methyl sites for hydroxylation is 2. The van der Waals surface area contributed by atoms with E-state index in [-0.39, 0.29) is 24.7 Å². The van der Waals surface area contributed by atoms with E-state index in [1.54, 1.807) is 22.8 Å². The summed E-state index contributed by atoms with van der Waals surface area (Å²) in [4.78, 5) is 23.8. The van der Waals surface area contributed by atoms with Crippen LogP contribution in [0, 0.1) is 10.1 Å². The van der Waals surface area contributed by atoms with E-state index in [4.69, 9.17) is 0 Å². The van der Waals surface area contributed by atoms with Gasteiger partial charge >= 0.3 is 5.82 Å². The Balaban J connectivity index is 1.91. The number of hydrogen-bond donors (Lipinski definition) is 0. The van der Waals surface area contributed by atoms with Crippen LogP contribution in [0.1, 0.15) is 12.1 Å². The van der Waals surface area contributed by atoms with Crippen molar-refractivity contribution >= 4 is 27.7 Å². The molecule has 0 unspecified atom stereocenters. The Bertz CT molecular complexity index is 695. The first kappa shape index (κ1) is 16.1. The van der Waals surface area contributed by atoms with Gasteiger partial charge in [0.15, 0.2) is 0 Å². The monoisotopic (exact) mass is 370 g/mol. The third-order valence-corrected chi connectivity index (χ3v) is 3.73. The summed E-state index contributed by atoms with van der Waals surface area (Å²) in [6, 6.07) is 1.84. The number of halogens is 1. The Kier molecular flexibility index (Phi) is 4.91. The molecular weight excluding hydrogens is 356 g/mol. The number of amides is 1. The van der Waals surface area contributed by atoms with Gasteiger partial charge in [-0.25, -0.2) is 0 Å². The molecule has 10 heteroatoms. The number of aromatic nitrogens is 4. The third kappa shape index (κ3) is 3.70. The number of hydrogen-bond acceptors (Lipinski definition) is 5. The zero-order valence-electron chi connectivity index (χ0n) is 12.1. The van der Waals surface area contributed by atoms with Gasteiger partial charge in [0.1, 0.15) is 4.47 Å². The lowest BCUT2D eigenvalue weighted by Crippen LogP contribution is -2.28. The van der Waals surface area contributed by atoms with Crippen molar-refractivity contribution in [2.24, 2.45) is 7.05 Å². The van der Waals surface area contributed by atoms with Gasteiger partial charge in [-0.3, -0.25) is 9.48 Å². The van der Waals surface area contributed by atoms with E-state index >= 15 is 0 Å². The maximum atomic E-state index is 12.1. The molecule has 0 atom stereocenters. The Morgan fingerprint density at radius 2 is 2.27 bits per heavy atom. The molecule has 118 valence electrons. The van der Waals surface area contributed by atoms with E-state index in [0.29, 0.717) is 11.0 Å². The molecule has 0 saturated carbocycles. The normalized spacial score (nSPS) is 10.7. The van der Waals surface area contributed by atoms with Gasteiger partial charge in [0.2, 0.25) is 5.91 Å². The summed E-state index contributed by atoms with van der Waals surface area (Å²) in [5, 5.41) is 18.6. The number of nitrogens with zero attached hydrogens (tertiary/aromatic N) is 6. The number of carbonyl (C=O) groups excluding carboxylic acids is 1. The molecular formula is C12H15BrN6O3.